The number of carbonyl (C=O) groups is 1. The molecule has 164 valence electrons. The van der Waals surface area contributed by atoms with E-state index < -0.39 is 11.6 Å². The van der Waals surface area contributed by atoms with Gasteiger partial charge in [0, 0.05) is 11.6 Å². The molecule has 2 aromatic heterocycles. The molecule has 8 heteroatoms. The van der Waals surface area contributed by atoms with E-state index in [1.165, 1.54) is 17.2 Å². The van der Waals surface area contributed by atoms with Crippen LogP contribution < -0.4 is 9.64 Å². The minimum atomic E-state index is -0.781. The molecule has 0 bridgehead atoms. The van der Waals surface area contributed by atoms with Gasteiger partial charge in [0.2, 0.25) is 0 Å². The molecule has 2 heterocycles. The molecule has 0 atom stereocenters. The van der Waals surface area contributed by atoms with Gasteiger partial charge in [-0.2, -0.15) is 0 Å². The van der Waals surface area contributed by atoms with Crippen molar-refractivity contribution in [3.8, 4) is 11.5 Å². The summed E-state index contributed by atoms with van der Waals surface area (Å²) in [6.07, 6.45) is 1.50. The van der Waals surface area contributed by atoms with Gasteiger partial charge in [0.1, 0.15) is 28.6 Å². The van der Waals surface area contributed by atoms with E-state index in [0.29, 0.717) is 27.5 Å². The molecule has 0 saturated carbocycles. The number of thiazole rings is 1. The number of benzene rings is 3. The number of hydrogen-bond donors (Lipinski definition) is 0. The zero-order valence-electron chi connectivity index (χ0n) is 17.1. The van der Waals surface area contributed by atoms with Crippen molar-refractivity contribution in [1.29, 1.82) is 0 Å². The van der Waals surface area contributed by atoms with Gasteiger partial charge in [-0.25, -0.2) is 13.8 Å². The summed E-state index contributed by atoms with van der Waals surface area (Å²) < 4.78 is 39.5. The number of fused-ring (bicyclic) bond motifs is 1. The number of ether oxygens (including phenoxy) is 1. The van der Waals surface area contributed by atoms with Crippen LogP contribution in [-0.4, -0.2) is 10.9 Å². The number of furan rings is 1. The zero-order valence-corrected chi connectivity index (χ0v) is 17.9. The Labute approximate surface area is 191 Å². The Bertz CT molecular complexity index is 1420. The van der Waals surface area contributed by atoms with Crippen LogP contribution in [-0.2, 0) is 6.54 Å². The predicted octanol–water partition coefficient (Wildman–Crippen LogP) is 6.81. The highest BCUT2D eigenvalue weighted by Gasteiger charge is 2.24. The number of carbonyl (C=O) groups excluding carboxylic acids is 1. The molecule has 33 heavy (non-hydrogen) atoms. The lowest BCUT2D eigenvalue weighted by molar-refractivity contribution is 0.0983. The molecule has 0 aliphatic carbocycles. The van der Waals surface area contributed by atoms with Gasteiger partial charge in [-0.1, -0.05) is 35.6 Å². The lowest BCUT2D eigenvalue weighted by Gasteiger charge is -2.19. The van der Waals surface area contributed by atoms with Crippen LogP contribution >= 0.6 is 11.3 Å². The van der Waals surface area contributed by atoms with Crippen molar-refractivity contribution in [1.82, 2.24) is 4.98 Å². The summed E-state index contributed by atoms with van der Waals surface area (Å²) in [5.41, 5.74) is 0.357. The number of hydrogen-bond acceptors (Lipinski definition) is 5. The Kier molecular flexibility index (Phi) is 5.58. The van der Waals surface area contributed by atoms with Crippen molar-refractivity contribution in [3.63, 3.8) is 0 Å². The van der Waals surface area contributed by atoms with Gasteiger partial charge in [0.15, 0.2) is 10.9 Å². The third kappa shape index (κ3) is 4.47. The number of amides is 1. The van der Waals surface area contributed by atoms with Crippen molar-refractivity contribution >= 4 is 32.6 Å². The van der Waals surface area contributed by atoms with E-state index in [1.807, 2.05) is 30.3 Å². The Morgan fingerprint density at radius 2 is 1.79 bits per heavy atom. The largest absolute Gasteiger partial charge is 0.467 e. The first-order valence-electron chi connectivity index (χ1n) is 9.99. The van der Waals surface area contributed by atoms with Crippen LogP contribution in [0.5, 0.6) is 11.5 Å². The van der Waals surface area contributed by atoms with Gasteiger partial charge in [0.25, 0.3) is 5.91 Å². The van der Waals surface area contributed by atoms with Crippen molar-refractivity contribution < 1.29 is 22.7 Å². The quantitative estimate of drug-likeness (QED) is 0.278. The third-order valence-corrected chi connectivity index (χ3v) is 5.86. The molecule has 0 N–H and O–H groups in total. The minimum Gasteiger partial charge on any atom is -0.467 e. The maximum atomic E-state index is 14.3. The highest BCUT2D eigenvalue weighted by atomic mass is 32.1. The highest BCUT2D eigenvalue weighted by molar-refractivity contribution is 7.22. The molecule has 0 spiro atoms. The Hall–Kier alpha value is -4.04. The number of nitrogens with zero attached hydrogens (tertiary/aromatic N) is 2. The molecule has 0 aliphatic rings. The average molecular weight is 462 g/mol. The van der Waals surface area contributed by atoms with Crippen LogP contribution in [0.15, 0.2) is 89.5 Å². The molecule has 0 radical (unpaired) electrons. The van der Waals surface area contributed by atoms with Crippen LogP contribution in [0, 0.1) is 11.6 Å². The summed E-state index contributed by atoms with van der Waals surface area (Å²) >= 11 is 1.03. The van der Waals surface area contributed by atoms with Crippen molar-refractivity contribution in [3.05, 3.63) is 108 Å². The number of halogens is 2. The zero-order chi connectivity index (χ0) is 22.8. The maximum absolute atomic E-state index is 14.3. The lowest BCUT2D eigenvalue weighted by Crippen LogP contribution is -2.30. The Balaban J connectivity index is 1.51. The van der Waals surface area contributed by atoms with Crippen LogP contribution in [0.2, 0.25) is 0 Å². The minimum absolute atomic E-state index is 0.00908. The molecule has 1 amide bonds. The smallest absolute Gasteiger partial charge is 0.260 e. The summed E-state index contributed by atoms with van der Waals surface area (Å²) in [7, 11) is 0. The predicted molar refractivity (Wildman–Crippen MR) is 122 cm³/mol. The molecule has 3 aromatic carbocycles. The van der Waals surface area contributed by atoms with Gasteiger partial charge in [0.05, 0.1) is 17.5 Å². The SMILES string of the molecule is O=C(c1cccc(Oc2ccccc2)c1)N(Cc1ccco1)c1nc2c(F)cc(F)cc2s1. The van der Waals surface area contributed by atoms with Crippen LogP contribution in [0.3, 0.4) is 0 Å². The number of para-hydroxylation sites is 1. The van der Waals surface area contributed by atoms with Crippen molar-refractivity contribution in [2.75, 3.05) is 4.90 Å². The summed E-state index contributed by atoms with van der Waals surface area (Å²) in [5.74, 6) is -0.225. The molecule has 0 aliphatic heterocycles. The first kappa shape index (κ1) is 20.8. The summed E-state index contributed by atoms with van der Waals surface area (Å²) in [6.45, 7) is 0.0690. The fourth-order valence-corrected chi connectivity index (χ4v) is 4.32. The van der Waals surface area contributed by atoms with E-state index in [2.05, 4.69) is 4.98 Å². The highest BCUT2D eigenvalue weighted by Crippen LogP contribution is 2.33. The summed E-state index contributed by atoms with van der Waals surface area (Å²) in [5, 5.41) is 0.227. The van der Waals surface area contributed by atoms with E-state index in [9.17, 15) is 13.6 Å². The second-order valence-corrected chi connectivity index (χ2v) is 8.15. The monoisotopic (exact) mass is 462 g/mol. The van der Waals surface area contributed by atoms with Gasteiger partial charge < -0.3 is 9.15 Å². The van der Waals surface area contributed by atoms with E-state index in [4.69, 9.17) is 9.15 Å². The standard InChI is InChI=1S/C25H16F2N2O3S/c26-17-13-21(27)23-22(14-17)33-25(28-23)29(15-20-10-5-11-31-20)24(30)16-6-4-9-19(12-16)32-18-7-2-1-3-8-18/h1-14H,15H2. The van der Waals surface area contributed by atoms with Gasteiger partial charge in [-0.05, 0) is 48.5 Å². The van der Waals surface area contributed by atoms with Crippen molar-refractivity contribution in [2.45, 2.75) is 6.54 Å². The Morgan fingerprint density at radius 1 is 0.970 bits per heavy atom. The van der Waals surface area contributed by atoms with Gasteiger partial charge >= 0.3 is 0 Å². The molecule has 5 aromatic rings. The van der Waals surface area contributed by atoms with Gasteiger partial charge in [-0.3, -0.25) is 9.69 Å². The second-order valence-electron chi connectivity index (χ2n) is 7.14. The summed E-state index contributed by atoms with van der Waals surface area (Å²) in [6, 6.07) is 21.3. The molecule has 0 saturated heterocycles. The molecule has 5 rings (SSSR count). The van der Waals surface area contributed by atoms with Crippen LogP contribution in [0.1, 0.15) is 16.1 Å². The van der Waals surface area contributed by atoms with E-state index in [0.717, 1.165) is 17.4 Å². The fourth-order valence-electron chi connectivity index (χ4n) is 3.32. The fraction of sp³-hybridized carbons (Fsp3) is 0.0400. The molecule has 0 unspecified atom stereocenters. The molecular weight excluding hydrogens is 446 g/mol. The molecule has 0 fully saturated rings. The first-order valence-corrected chi connectivity index (χ1v) is 10.8. The molecule has 5 nitrogen and oxygen atoms in total. The Morgan fingerprint density at radius 3 is 2.58 bits per heavy atom. The molecular formula is C25H16F2N2O3S. The van der Waals surface area contributed by atoms with E-state index in [-0.39, 0.29) is 23.1 Å². The number of anilines is 1. The second kappa shape index (κ2) is 8.84. The summed E-state index contributed by atoms with van der Waals surface area (Å²) in [4.78, 5) is 19.2. The normalized spacial score (nSPS) is 11.0. The van der Waals surface area contributed by atoms with Crippen LogP contribution in [0.25, 0.3) is 10.2 Å². The third-order valence-electron chi connectivity index (χ3n) is 4.83. The average Bonchev–Trinajstić information content (AvgIpc) is 3.48. The first-order chi connectivity index (χ1) is 16.1. The maximum Gasteiger partial charge on any atom is 0.260 e. The van der Waals surface area contributed by atoms with Gasteiger partial charge in [-0.15, -0.1) is 0 Å². The van der Waals surface area contributed by atoms with E-state index in [1.54, 1.807) is 36.4 Å². The van der Waals surface area contributed by atoms with Crippen LogP contribution in [0.4, 0.5) is 13.9 Å². The van der Waals surface area contributed by atoms with Crippen molar-refractivity contribution in [2.24, 2.45) is 0 Å². The lowest BCUT2D eigenvalue weighted by atomic mass is 10.2. The number of aromatic nitrogens is 1. The number of rotatable bonds is 6. The van der Waals surface area contributed by atoms with E-state index >= 15 is 0 Å². The topological polar surface area (TPSA) is 55.6 Å².